The molecule has 0 bridgehead atoms. The zero-order valence-electron chi connectivity index (χ0n) is 9.92. The summed E-state index contributed by atoms with van der Waals surface area (Å²) in [7, 11) is 1.60. The molecule has 0 aliphatic carbocycles. The van der Waals surface area contributed by atoms with E-state index < -0.39 is 0 Å². The van der Waals surface area contributed by atoms with Crippen LogP contribution in [0, 0.1) is 0 Å². The number of nitrogens with zero attached hydrogens (tertiary/aromatic N) is 1. The van der Waals surface area contributed by atoms with Crippen LogP contribution in [0.1, 0.15) is 12.5 Å². The zero-order chi connectivity index (χ0) is 12.3. The van der Waals surface area contributed by atoms with Crippen molar-refractivity contribution < 1.29 is 9.47 Å². The Bertz CT molecular complexity index is 446. The molecule has 0 spiro atoms. The molecule has 1 aliphatic heterocycles. The van der Waals surface area contributed by atoms with E-state index in [0.29, 0.717) is 23.1 Å². The van der Waals surface area contributed by atoms with E-state index in [1.54, 1.807) is 7.11 Å². The van der Waals surface area contributed by atoms with E-state index in [4.69, 9.17) is 21.1 Å². The van der Waals surface area contributed by atoms with Crippen LogP contribution in [-0.2, 0) is 0 Å². The largest absolute Gasteiger partial charge is 0.493 e. The SMILES string of the molecule is CCOc1c(Cl)cc(C2=NCCN2)cc1OC. The molecule has 92 valence electrons. The summed E-state index contributed by atoms with van der Waals surface area (Å²) in [6, 6.07) is 3.72. The third-order valence-electron chi connectivity index (χ3n) is 2.47. The van der Waals surface area contributed by atoms with Gasteiger partial charge in [-0.25, -0.2) is 0 Å². The van der Waals surface area contributed by atoms with Crippen molar-refractivity contribution >= 4 is 17.4 Å². The van der Waals surface area contributed by atoms with Gasteiger partial charge in [0, 0.05) is 12.1 Å². The first-order valence-corrected chi connectivity index (χ1v) is 5.93. The summed E-state index contributed by atoms with van der Waals surface area (Å²) in [5, 5.41) is 3.74. The number of aliphatic imine (C=N–C) groups is 1. The van der Waals surface area contributed by atoms with Crippen LogP contribution in [0.3, 0.4) is 0 Å². The second kappa shape index (κ2) is 5.27. The normalized spacial score (nSPS) is 14.2. The lowest BCUT2D eigenvalue weighted by Crippen LogP contribution is -2.19. The lowest BCUT2D eigenvalue weighted by molar-refractivity contribution is 0.311. The Labute approximate surface area is 106 Å². The Morgan fingerprint density at radius 2 is 2.29 bits per heavy atom. The monoisotopic (exact) mass is 254 g/mol. The van der Waals surface area contributed by atoms with Crippen molar-refractivity contribution in [1.29, 1.82) is 0 Å². The molecule has 1 aliphatic rings. The van der Waals surface area contributed by atoms with E-state index >= 15 is 0 Å². The van der Waals surface area contributed by atoms with Gasteiger partial charge in [0.25, 0.3) is 0 Å². The predicted molar refractivity (Wildman–Crippen MR) is 68.6 cm³/mol. The number of amidine groups is 1. The van der Waals surface area contributed by atoms with Crippen molar-refractivity contribution in [3.05, 3.63) is 22.7 Å². The molecule has 1 aromatic rings. The Balaban J connectivity index is 2.40. The van der Waals surface area contributed by atoms with Crippen LogP contribution in [0.5, 0.6) is 11.5 Å². The highest BCUT2D eigenvalue weighted by Crippen LogP contribution is 2.36. The molecule has 4 nitrogen and oxygen atoms in total. The molecule has 0 radical (unpaired) electrons. The molecule has 0 aromatic heterocycles. The maximum Gasteiger partial charge on any atom is 0.179 e. The summed E-state index contributed by atoms with van der Waals surface area (Å²) in [4.78, 5) is 4.35. The number of hydrogen-bond donors (Lipinski definition) is 1. The van der Waals surface area contributed by atoms with Crippen molar-refractivity contribution in [3.8, 4) is 11.5 Å². The number of hydrogen-bond acceptors (Lipinski definition) is 4. The number of methoxy groups -OCH3 is 1. The fourth-order valence-corrected chi connectivity index (χ4v) is 2.00. The highest BCUT2D eigenvalue weighted by Gasteiger charge is 2.15. The minimum Gasteiger partial charge on any atom is -0.493 e. The van der Waals surface area contributed by atoms with Crippen LogP contribution in [0.15, 0.2) is 17.1 Å². The highest BCUT2D eigenvalue weighted by atomic mass is 35.5. The molecule has 0 fully saturated rings. The molecule has 1 heterocycles. The maximum atomic E-state index is 6.18. The molecule has 0 atom stereocenters. The smallest absolute Gasteiger partial charge is 0.179 e. The first-order valence-electron chi connectivity index (χ1n) is 5.55. The second-order valence-electron chi connectivity index (χ2n) is 3.58. The number of rotatable bonds is 4. The maximum absolute atomic E-state index is 6.18. The van der Waals surface area contributed by atoms with Gasteiger partial charge in [-0.3, -0.25) is 4.99 Å². The summed E-state index contributed by atoms with van der Waals surface area (Å²) in [6.45, 7) is 4.12. The van der Waals surface area contributed by atoms with Crippen LogP contribution >= 0.6 is 11.6 Å². The van der Waals surface area contributed by atoms with Crippen molar-refractivity contribution in [2.24, 2.45) is 4.99 Å². The van der Waals surface area contributed by atoms with Crippen LogP contribution in [-0.4, -0.2) is 32.6 Å². The van der Waals surface area contributed by atoms with E-state index in [0.717, 1.165) is 24.5 Å². The fraction of sp³-hybridized carbons (Fsp3) is 0.417. The van der Waals surface area contributed by atoms with Gasteiger partial charge in [-0.05, 0) is 19.1 Å². The molecule has 0 saturated heterocycles. The summed E-state index contributed by atoms with van der Waals surface area (Å²) >= 11 is 6.18. The molecule has 0 amide bonds. The Kier molecular flexibility index (Phi) is 3.74. The highest BCUT2D eigenvalue weighted by molar-refractivity contribution is 6.32. The first-order chi connectivity index (χ1) is 8.26. The minimum absolute atomic E-state index is 0.539. The molecular formula is C12H15ClN2O2. The van der Waals surface area contributed by atoms with E-state index in [-0.39, 0.29) is 0 Å². The minimum atomic E-state index is 0.539. The van der Waals surface area contributed by atoms with Gasteiger partial charge in [-0.1, -0.05) is 11.6 Å². The van der Waals surface area contributed by atoms with Crippen molar-refractivity contribution in [2.75, 3.05) is 26.8 Å². The van der Waals surface area contributed by atoms with Crippen molar-refractivity contribution in [1.82, 2.24) is 5.32 Å². The van der Waals surface area contributed by atoms with Crippen LogP contribution in [0.25, 0.3) is 0 Å². The Hall–Kier alpha value is -1.42. The van der Waals surface area contributed by atoms with E-state index in [9.17, 15) is 0 Å². The van der Waals surface area contributed by atoms with Crippen LogP contribution in [0.2, 0.25) is 5.02 Å². The number of nitrogens with one attached hydrogen (secondary N) is 1. The number of halogens is 1. The third-order valence-corrected chi connectivity index (χ3v) is 2.75. The second-order valence-corrected chi connectivity index (χ2v) is 3.99. The zero-order valence-corrected chi connectivity index (χ0v) is 10.7. The van der Waals surface area contributed by atoms with Gasteiger partial charge in [0.2, 0.25) is 0 Å². The van der Waals surface area contributed by atoms with E-state index in [1.807, 2.05) is 19.1 Å². The predicted octanol–water partition coefficient (Wildman–Crippen LogP) is 2.10. The third kappa shape index (κ3) is 2.47. The lowest BCUT2D eigenvalue weighted by Gasteiger charge is -2.13. The molecule has 5 heteroatoms. The molecule has 1 N–H and O–H groups in total. The lowest BCUT2D eigenvalue weighted by atomic mass is 10.2. The van der Waals surface area contributed by atoms with Crippen molar-refractivity contribution in [3.63, 3.8) is 0 Å². The number of benzene rings is 1. The molecule has 0 unspecified atom stereocenters. The Morgan fingerprint density at radius 3 is 2.88 bits per heavy atom. The van der Waals surface area contributed by atoms with Gasteiger partial charge in [0.05, 0.1) is 25.3 Å². The standard InChI is InChI=1S/C12H15ClN2O2/c1-3-17-11-9(13)6-8(7-10(11)16-2)12-14-4-5-15-12/h6-7H,3-5H2,1-2H3,(H,14,15). The van der Waals surface area contributed by atoms with Gasteiger partial charge < -0.3 is 14.8 Å². The summed E-state index contributed by atoms with van der Waals surface area (Å²) < 4.78 is 10.7. The van der Waals surface area contributed by atoms with E-state index in [2.05, 4.69) is 10.3 Å². The van der Waals surface area contributed by atoms with Gasteiger partial charge >= 0.3 is 0 Å². The Morgan fingerprint density at radius 1 is 1.47 bits per heavy atom. The number of ether oxygens (including phenoxy) is 2. The molecule has 1 aromatic carbocycles. The molecule has 2 rings (SSSR count). The molecular weight excluding hydrogens is 240 g/mol. The van der Waals surface area contributed by atoms with E-state index in [1.165, 1.54) is 0 Å². The van der Waals surface area contributed by atoms with Crippen molar-refractivity contribution in [2.45, 2.75) is 6.92 Å². The van der Waals surface area contributed by atoms with Gasteiger partial charge in [0.1, 0.15) is 5.84 Å². The summed E-state index contributed by atoms with van der Waals surface area (Å²) in [6.07, 6.45) is 0. The van der Waals surface area contributed by atoms with Crippen LogP contribution in [0.4, 0.5) is 0 Å². The van der Waals surface area contributed by atoms with Crippen LogP contribution < -0.4 is 14.8 Å². The van der Waals surface area contributed by atoms with Gasteiger partial charge in [0.15, 0.2) is 11.5 Å². The summed E-state index contributed by atoms with van der Waals surface area (Å²) in [5.41, 5.74) is 0.924. The average Bonchev–Trinajstić information content (AvgIpc) is 2.85. The molecule has 17 heavy (non-hydrogen) atoms. The van der Waals surface area contributed by atoms with Gasteiger partial charge in [-0.15, -0.1) is 0 Å². The average molecular weight is 255 g/mol. The first kappa shape index (κ1) is 12.0. The fourth-order valence-electron chi connectivity index (χ4n) is 1.73. The molecule has 0 saturated carbocycles. The quantitative estimate of drug-likeness (QED) is 0.895. The van der Waals surface area contributed by atoms with Gasteiger partial charge in [-0.2, -0.15) is 0 Å². The summed E-state index contributed by atoms with van der Waals surface area (Å²) in [5.74, 6) is 2.07. The topological polar surface area (TPSA) is 42.8 Å².